The minimum atomic E-state index is 0.200. The summed E-state index contributed by atoms with van der Waals surface area (Å²) >= 11 is 0. The zero-order valence-corrected chi connectivity index (χ0v) is 15.1. The molecule has 122 valence electrons. The highest BCUT2D eigenvalue weighted by atomic mass is 14.3. The summed E-state index contributed by atoms with van der Waals surface area (Å²) in [5.41, 5.74) is 6.94. The van der Waals surface area contributed by atoms with Crippen molar-refractivity contribution in [1.29, 1.82) is 0 Å². The molecule has 0 radical (unpaired) electrons. The fourth-order valence-corrected chi connectivity index (χ4v) is 3.28. The Morgan fingerprint density at radius 2 is 1.29 bits per heavy atom. The Kier molecular flexibility index (Phi) is 4.57. The number of allylic oxidation sites excluding steroid dienone is 5. The molecule has 0 saturated heterocycles. The summed E-state index contributed by atoms with van der Waals surface area (Å²) in [5.74, 6) is 0.370. The fraction of sp³-hybridized carbons (Fsp3) is 0.250. The molecule has 0 N–H and O–H groups in total. The van der Waals surface area contributed by atoms with Crippen LogP contribution < -0.4 is 0 Å². The molecule has 3 rings (SSSR count). The van der Waals surface area contributed by atoms with Gasteiger partial charge in [-0.15, -0.1) is 0 Å². The molecule has 0 amide bonds. The Morgan fingerprint density at radius 1 is 0.792 bits per heavy atom. The second-order valence-corrected chi connectivity index (χ2v) is 7.55. The van der Waals surface area contributed by atoms with Crippen LogP contribution in [0.2, 0.25) is 0 Å². The minimum Gasteiger partial charge on any atom is -0.0733 e. The van der Waals surface area contributed by atoms with E-state index >= 15 is 0 Å². The molecule has 2 aromatic carbocycles. The number of hydrogen-bond acceptors (Lipinski definition) is 0. The van der Waals surface area contributed by atoms with Gasteiger partial charge >= 0.3 is 0 Å². The topological polar surface area (TPSA) is 0 Å². The van der Waals surface area contributed by atoms with Crippen molar-refractivity contribution in [1.82, 2.24) is 0 Å². The van der Waals surface area contributed by atoms with Crippen LogP contribution in [0.1, 0.15) is 38.8 Å². The lowest BCUT2D eigenvalue weighted by atomic mass is 9.85. The predicted octanol–water partition coefficient (Wildman–Crippen LogP) is 6.67. The van der Waals surface area contributed by atoms with Gasteiger partial charge in [0.15, 0.2) is 0 Å². The largest absolute Gasteiger partial charge is 0.0733 e. The summed E-state index contributed by atoms with van der Waals surface area (Å²) in [5, 5.41) is 0. The Hall–Kier alpha value is -2.34. The summed E-state index contributed by atoms with van der Waals surface area (Å²) in [7, 11) is 0. The molecule has 0 heterocycles. The Morgan fingerprint density at radius 3 is 1.71 bits per heavy atom. The Labute approximate surface area is 146 Å². The van der Waals surface area contributed by atoms with Crippen LogP contribution in [-0.2, 0) is 0 Å². The molecule has 1 aliphatic carbocycles. The van der Waals surface area contributed by atoms with E-state index in [4.69, 9.17) is 0 Å². The van der Waals surface area contributed by atoms with Gasteiger partial charge in [0.05, 0.1) is 0 Å². The van der Waals surface area contributed by atoms with Crippen LogP contribution in [0.4, 0.5) is 0 Å². The maximum Gasteiger partial charge on any atom is 0.0173 e. The molecule has 0 fully saturated rings. The maximum atomic E-state index is 2.42. The zero-order valence-electron chi connectivity index (χ0n) is 15.1. The monoisotopic (exact) mass is 314 g/mol. The second kappa shape index (κ2) is 6.65. The van der Waals surface area contributed by atoms with E-state index in [-0.39, 0.29) is 5.41 Å². The number of rotatable bonds is 3. The molecule has 24 heavy (non-hydrogen) atoms. The van der Waals surface area contributed by atoms with E-state index in [1.807, 2.05) is 0 Å². The van der Waals surface area contributed by atoms with Crippen LogP contribution in [0.3, 0.4) is 0 Å². The van der Waals surface area contributed by atoms with Crippen LogP contribution in [-0.4, -0.2) is 0 Å². The van der Waals surface area contributed by atoms with Gasteiger partial charge in [-0.2, -0.15) is 0 Å². The molecule has 1 unspecified atom stereocenters. The Balaban J connectivity index is 2.10. The molecule has 2 aromatic rings. The first-order valence-electron chi connectivity index (χ1n) is 8.69. The lowest BCUT2D eigenvalue weighted by Gasteiger charge is -2.20. The molecule has 0 bridgehead atoms. The molecule has 0 aromatic heterocycles. The van der Waals surface area contributed by atoms with E-state index in [0.717, 1.165) is 0 Å². The normalized spacial score (nSPS) is 16.8. The van der Waals surface area contributed by atoms with Gasteiger partial charge in [0.25, 0.3) is 0 Å². The molecule has 0 aliphatic heterocycles. The van der Waals surface area contributed by atoms with E-state index < -0.39 is 0 Å². The average Bonchev–Trinajstić information content (AvgIpc) is 3.07. The smallest absolute Gasteiger partial charge is 0.0173 e. The summed E-state index contributed by atoms with van der Waals surface area (Å²) < 4.78 is 0. The second-order valence-electron chi connectivity index (χ2n) is 7.55. The van der Waals surface area contributed by atoms with Gasteiger partial charge in [-0.05, 0) is 34.6 Å². The third kappa shape index (κ3) is 3.43. The van der Waals surface area contributed by atoms with Gasteiger partial charge in [-0.25, -0.2) is 0 Å². The third-order valence-electron chi connectivity index (χ3n) is 4.73. The van der Waals surface area contributed by atoms with Gasteiger partial charge in [0, 0.05) is 5.92 Å². The zero-order chi connectivity index (χ0) is 17.2. The van der Waals surface area contributed by atoms with Crippen LogP contribution in [0.15, 0.2) is 90.0 Å². The van der Waals surface area contributed by atoms with Crippen molar-refractivity contribution in [3.05, 3.63) is 101 Å². The van der Waals surface area contributed by atoms with E-state index in [1.165, 1.54) is 27.8 Å². The Bertz CT molecular complexity index is 739. The van der Waals surface area contributed by atoms with Crippen molar-refractivity contribution in [2.24, 2.45) is 11.3 Å². The van der Waals surface area contributed by atoms with Gasteiger partial charge in [-0.1, -0.05) is 105 Å². The maximum absolute atomic E-state index is 2.42. The molecular weight excluding hydrogens is 288 g/mol. The van der Waals surface area contributed by atoms with E-state index in [2.05, 4.69) is 107 Å². The summed E-state index contributed by atoms with van der Waals surface area (Å²) in [4.78, 5) is 0. The highest BCUT2D eigenvalue weighted by Crippen LogP contribution is 2.38. The number of hydrogen-bond donors (Lipinski definition) is 0. The van der Waals surface area contributed by atoms with E-state index in [9.17, 15) is 0 Å². The van der Waals surface area contributed by atoms with Crippen molar-refractivity contribution in [3.63, 3.8) is 0 Å². The quantitative estimate of drug-likeness (QED) is 0.593. The van der Waals surface area contributed by atoms with Gasteiger partial charge in [0.1, 0.15) is 0 Å². The molecule has 0 spiro atoms. The molecule has 1 aliphatic rings. The highest BCUT2D eigenvalue weighted by molar-refractivity contribution is 5.82. The van der Waals surface area contributed by atoms with Gasteiger partial charge in [-0.3, -0.25) is 0 Å². The van der Waals surface area contributed by atoms with Crippen molar-refractivity contribution < 1.29 is 0 Å². The van der Waals surface area contributed by atoms with Crippen molar-refractivity contribution in [2.75, 3.05) is 0 Å². The molecular formula is C24H26. The van der Waals surface area contributed by atoms with Crippen LogP contribution in [0, 0.1) is 11.3 Å². The van der Waals surface area contributed by atoms with Crippen LogP contribution >= 0.6 is 0 Å². The average molecular weight is 314 g/mol. The minimum absolute atomic E-state index is 0.200. The molecule has 0 heteroatoms. The van der Waals surface area contributed by atoms with Gasteiger partial charge < -0.3 is 0 Å². The summed E-state index contributed by atoms with van der Waals surface area (Å²) in [6.07, 6.45) is 7.05. The fourth-order valence-electron chi connectivity index (χ4n) is 3.28. The molecule has 0 saturated carbocycles. The first-order chi connectivity index (χ1) is 11.5. The van der Waals surface area contributed by atoms with E-state index in [1.54, 1.807) is 0 Å². The van der Waals surface area contributed by atoms with Crippen molar-refractivity contribution in [2.45, 2.75) is 27.7 Å². The lowest BCUT2D eigenvalue weighted by molar-refractivity contribution is 0.517. The third-order valence-corrected chi connectivity index (χ3v) is 4.73. The predicted molar refractivity (Wildman–Crippen MR) is 105 cm³/mol. The standard InChI is InChI=1S/C24H26/c1-18(21-15-16-22(17-21)24(2,3)4)23(19-11-7-5-8-12-19)20-13-9-6-10-14-20/h5-17,21H,1-4H3. The van der Waals surface area contributed by atoms with Crippen LogP contribution in [0.5, 0.6) is 0 Å². The lowest BCUT2D eigenvalue weighted by Crippen LogP contribution is -2.06. The van der Waals surface area contributed by atoms with Crippen LogP contribution in [0.25, 0.3) is 5.57 Å². The SMILES string of the molecule is CC(=C(c1ccccc1)c1ccccc1)C1C=CC(C(C)(C)C)=C1. The van der Waals surface area contributed by atoms with Crippen molar-refractivity contribution in [3.8, 4) is 0 Å². The molecule has 0 nitrogen and oxygen atoms in total. The van der Waals surface area contributed by atoms with E-state index in [0.29, 0.717) is 5.92 Å². The highest BCUT2D eigenvalue weighted by Gasteiger charge is 2.22. The number of benzene rings is 2. The first kappa shape index (κ1) is 16.5. The van der Waals surface area contributed by atoms with Crippen molar-refractivity contribution >= 4 is 5.57 Å². The summed E-state index contributed by atoms with van der Waals surface area (Å²) in [6.45, 7) is 9.10. The summed E-state index contributed by atoms with van der Waals surface area (Å²) in [6, 6.07) is 21.5. The van der Waals surface area contributed by atoms with Gasteiger partial charge in [0.2, 0.25) is 0 Å². The molecule has 1 atom stereocenters. The first-order valence-corrected chi connectivity index (χ1v) is 8.69.